The molecule has 0 aliphatic carbocycles. The fourth-order valence-electron chi connectivity index (χ4n) is 3.76. The highest BCUT2D eigenvalue weighted by atomic mass is 16.2. The lowest BCUT2D eigenvalue weighted by Gasteiger charge is -2.17. The molecule has 0 aliphatic rings. The highest BCUT2D eigenvalue weighted by Crippen LogP contribution is 2.32. The Morgan fingerprint density at radius 3 is 2.83 bits per heavy atom. The van der Waals surface area contributed by atoms with Crippen LogP contribution in [0, 0.1) is 0 Å². The highest BCUT2D eigenvalue weighted by Gasteiger charge is 2.16. The number of aromatic nitrogens is 4. The SMILES string of the molecule is CNc1nc2[nH]c(-c3cccc(C(C)NC(=O)CN(C)C)c3)cc2c2c1ncn2C. The molecule has 0 fully saturated rings. The summed E-state index contributed by atoms with van der Waals surface area (Å²) in [5.74, 6) is 0.753. The number of carbonyl (C=O) groups excluding carboxylic acids is 1. The standard InChI is InChI=1S/C22H27N7O/c1-13(25-18(30)11-28(3)4)14-7-6-8-15(9-14)17-10-16-20-19(24-12-29(20)5)22(23-2)27-21(16)26-17/h6-10,12-13H,11H2,1-5H3,(H,25,30)(H2,23,26,27). The van der Waals surface area contributed by atoms with Gasteiger partial charge in [-0.05, 0) is 44.3 Å². The number of hydrogen-bond acceptors (Lipinski definition) is 5. The number of pyridine rings is 1. The van der Waals surface area contributed by atoms with Crippen molar-refractivity contribution >= 4 is 33.8 Å². The Balaban J connectivity index is 1.71. The second-order valence-corrected chi connectivity index (χ2v) is 7.86. The zero-order valence-electron chi connectivity index (χ0n) is 17.9. The van der Waals surface area contributed by atoms with Crippen molar-refractivity contribution in [1.29, 1.82) is 0 Å². The molecule has 0 aliphatic heterocycles. The first-order valence-corrected chi connectivity index (χ1v) is 9.93. The third-order valence-electron chi connectivity index (χ3n) is 5.21. The molecule has 8 nitrogen and oxygen atoms in total. The van der Waals surface area contributed by atoms with Gasteiger partial charge in [0.15, 0.2) is 5.82 Å². The predicted octanol–water partition coefficient (Wildman–Crippen LogP) is 2.90. The lowest BCUT2D eigenvalue weighted by atomic mass is 10.0. The highest BCUT2D eigenvalue weighted by molar-refractivity contribution is 6.07. The number of fused-ring (bicyclic) bond motifs is 3. The number of nitrogens with zero attached hydrogens (tertiary/aromatic N) is 4. The molecule has 8 heteroatoms. The number of nitrogens with one attached hydrogen (secondary N) is 3. The van der Waals surface area contributed by atoms with Gasteiger partial charge in [0.25, 0.3) is 0 Å². The fraction of sp³-hybridized carbons (Fsp3) is 0.318. The maximum absolute atomic E-state index is 12.1. The molecule has 1 unspecified atom stereocenters. The molecule has 0 saturated carbocycles. The molecule has 0 bridgehead atoms. The average Bonchev–Trinajstić information content (AvgIpc) is 3.30. The van der Waals surface area contributed by atoms with Gasteiger partial charge in [0.05, 0.1) is 24.4 Å². The van der Waals surface area contributed by atoms with Crippen molar-refractivity contribution in [2.45, 2.75) is 13.0 Å². The topological polar surface area (TPSA) is 90.9 Å². The van der Waals surface area contributed by atoms with Crippen LogP contribution >= 0.6 is 0 Å². The van der Waals surface area contributed by atoms with Crippen molar-refractivity contribution in [3.05, 3.63) is 42.2 Å². The molecule has 30 heavy (non-hydrogen) atoms. The van der Waals surface area contributed by atoms with Gasteiger partial charge in [0, 0.05) is 25.2 Å². The van der Waals surface area contributed by atoms with E-state index in [9.17, 15) is 4.79 Å². The van der Waals surface area contributed by atoms with Crippen molar-refractivity contribution in [2.24, 2.45) is 7.05 Å². The first-order chi connectivity index (χ1) is 14.4. The maximum Gasteiger partial charge on any atom is 0.234 e. The van der Waals surface area contributed by atoms with Crippen LogP contribution in [0.25, 0.3) is 33.3 Å². The largest absolute Gasteiger partial charge is 0.371 e. The molecule has 4 rings (SSSR count). The number of aryl methyl sites for hydroxylation is 1. The molecule has 1 amide bonds. The molecule has 156 valence electrons. The zero-order valence-corrected chi connectivity index (χ0v) is 17.9. The van der Waals surface area contributed by atoms with Crippen LogP contribution in [-0.4, -0.2) is 58.0 Å². The van der Waals surface area contributed by atoms with Gasteiger partial charge in [0.2, 0.25) is 5.91 Å². The molecular formula is C22H27N7O. The van der Waals surface area contributed by atoms with E-state index in [0.29, 0.717) is 6.54 Å². The first kappa shape index (κ1) is 19.9. The minimum Gasteiger partial charge on any atom is -0.371 e. The summed E-state index contributed by atoms with van der Waals surface area (Å²) in [7, 11) is 7.60. The van der Waals surface area contributed by atoms with Crippen LogP contribution in [0.15, 0.2) is 36.7 Å². The van der Waals surface area contributed by atoms with Crippen molar-refractivity contribution in [3.8, 4) is 11.3 Å². The fourth-order valence-corrected chi connectivity index (χ4v) is 3.76. The summed E-state index contributed by atoms with van der Waals surface area (Å²) in [6.45, 7) is 2.37. The van der Waals surface area contributed by atoms with E-state index >= 15 is 0 Å². The van der Waals surface area contributed by atoms with E-state index in [1.165, 1.54) is 0 Å². The van der Waals surface area contributed by atoms with Crippen LogP contribution in [0.5, 0.6) is 0 Å². The van der Waals surface area contributed by atoms with Crippen molar-refractivity contribution in [2.75, 3.05) is 33.0 Å². The van der Waals surface area contributed by atoms with Crippen LogP contribution in [0.4, 0.5) is 5.82 Å². The molecule has 0 radical (unpaired) electrons. The van der Waals surface area contributed by atoms with Crippen molar-refractivity contribution in [1.82, 2.24) is 29.7 Å². The maximum atomic E-state index is 12.1. The summed E-state index contributed by atoms with van der Waals surface area (Å²) < 4.78 is 2.01. The van der Waals surface area contributed by atoms with Crippen molar-refractivity contribution in [3.63, 3.8) is 0 Å². The third-order valence-corrected chi connectivity index (χ3v) is 5.21. The number of amides is 1. The molecule has 3 N–H and O–H groups in total. The monoisotopic (exact) mass is 405 g/mol. The number of H-pyrrole nitrogens is 1. The zero-order chi connectivity index (χ0) is 21.4. The second kappa shape index (κ2) is 7.79. The van der Waals surface area contributed by atoms with Crippen LogP contribution in [-0.2, 0) is 11.8 Å². The second-order valence-electron chi connectivity index (χ2n) is 7.86. The van der Waals surface area contributed by atoms with Crippen LogP contribution in [0.1, 0.15) is 18.5 Å². The smallest absolute Gasteiger partial charge is 0.234 e. The van der Waals surface area contributed by atoms with E-state index in [4.69, 9.17) is 4.98 Å². The molecule has 4 aromatic rings. The molecule has 1 atom stereocenters. The van der Waals surface area contributed by atoms with E-state index in [2.05, 4.69) is 38.8 Å². The minimum absolute atomic E-state index is 0.00547. The number of anilines is 1. The first-order valence-electron chi connectivity index (χ1n) is 9.93. The third kappa shape index (κ3) is 3.61. The minimum atomic E-state index is -0.0837. The average molecular weight is 406 g/mol. The molecule has 0 spiro atoms. The van der Waals surface area contributed by atoms with Gasteiger partial charge in [-0.3, -0.25) is 4.79 Å². The van der Waals surface area contributed by atoms with Gasteiger partial charge in [0.1, 0.15) is 11.2 Å². The number of likely N-dealkylation sites (N-methyl/N-ethyl adjacent to an activating group) is 1. The van der Waals surface area contributed by atoms with Gasteiger partial charge in [-0.2, -0.15) is 0 Å². The number of rotatable bonds is 6. The number of hydrogen-bond donors (Lipinski definition) is 3. The summed E-state index contributed by atoms with van der Waals surface area (Å²) in [6, 6.07) is 10.2. The molecule has 1 aromatic carbocycles. The molecule has 0 saturated heterocycles. The molecule has 3 aromatic heterocycles. The summed E-state index contributed by atoms with van der Waals surface area (Å²) >= 11 is 0. The van der Waals surface area contributed by atoms with E-state index < -0.39 is 0 Å². The van der Waals surface area contributed by atoms with E-state index in [-0.39, 0.29) is 11.9 Å². The van der Waals surface area contributed by atoms with E-state index in [1.807, 2.05) is 56.7 Å². The lowest BCUT2D eigenvalue weighted by Crippen LogP contribution is -2.34. The summed E-state index contributed by atoms with van der Waals surface area (Å²) in [6.07, 6.45) is 1.80. The Hall–Kier alpha value is -3.39. The van der Waals surface area contributed by atoms with Gasteiger partial charge in [-0.15, -0.1) is 0 Å². The van der Waals surface area contributed by atoms with Crippen molar-refractivity contribution < 1.29 is 4.79 Å². The van der Waals surface area contributed by atoms with E-state index in [1.54, 1.807) is 6.33 Å². The van der Waals surface area contributed by atoms with Crippen LogP contribution < -0.4 is 10.6 Å². The van der Waals surface area contributed by atoms with Crippen LogP contribution in [0.2, 0.25) is 0 Å². The van der Waals surface area contributed by atoms with Crippen LogP contribution in [0.3, 0.4) is 0 Å². The van der Waals surface area contributed by atoms with E-state index in [0.717, 1.165) is 44.7 Å². The normalized spacial score (nSPS) is 12.6. The predicted molar refractivity (Wildman–Crippen MR) is 120 cm³/mol. The number of carbonyl (C=O) groups is 1. The lowest BCUT2D eigenvalue weighted by molar-refractivity contribution is -0.122. The van der Waals surface area contributed by atoms with Gasteiger partial charge in [-0.25, -0.2) is 9.97 Å². The summed E-state index contributed by atoms with van der Waals surface area (Å²) in [4.78, 5) is 26.6. The Morgan fingerprint density at radius 2 is 2.10 bits per heavy atom. The Kier molecular flexibility index (Phi) is 5.17. The molecule has 3 heterocycles. The van der Waals surface area contributed by atoms with Gasteiger partial charge < -0.3 is 25.1 Å². The number of aromatic amines is 1. The summed E-state index contributed by atoms with van der Waals surface area (Å²) in [5, 5.41) is 7.21. The van der Waals surface area contributed by atoms with Gasteiger partial charge in [-0.1, -0.05) is 18.2 Å². The Bertz CT molecular complexity index is 1220. The quantitative estimate of drug-likeness (QED) is 0.459. The summed E-state index contributed by atoms with van der Waals surface area (Å²) in [5.41, 5.74) is 5.76. The number of benzene rings is 1. The number of imidazole rings is 1. The van der Waals surface area contributed by atoms with Gasteiger partial charge >= 0.3 is 0 Å². The Morgan fingerprint density at radius 1 is 1.30 bits per heavy atom. The molecular weight excluding hydrogens is 378 g/mol. The Labute approximate surface area is 175 Å².